The summed E-state index contributed by atoms with van der Waals surface area (Å²) in [6.45, 7) is 9.26. The van der Waals surface area contributed by atoms with Crippen molar-refractivity contribution >= 4 is 5.91 Å². The van der Waals surface area contributed by atoms with Crippen molar-refractivity contribution in [1.82, 2.24) is 19.2 Å². The molecule has 0 saturated carbocycles. The normalized spacial score (nSPS) is 18.2. The topological polar surface area (TPSA) is 43.1 Å². The van der Waals surface area contributed by atoms with Gasteiger partial charge in [-0.3, -0.25) is 9.48 Å². The molecule has 0 bridgehead atoms. The standard InChI is InChI=1S/C18H26N4O/c1-12(2)22-13(3)9-16(14(22)4)18(23)21-8-6-7-17(21)15-10-19-20(5)11-15/h9-12,17H,6-8H2,1-5H3. The molecule has 5 heteroatoms. The smallest absolute Gasteiger partial charge is 0.256 e. The molecule has 1 amide bonds. The van der Waals surface area contributed by atoms with E-state index in [-0.39, 0.29) is 11.9 Å². The van der Waals surface area contributed by atoms with Crippen LogP contribution in [0, 0.1) is 13.8 Å². The molecule has 1 atom stereocenters. The predicted molar refractivity (Wildman–Crippen MR) is 90.5 cm³/mol. The monoisotopic (exact) mass is 314 g/mol. The van der Waals surface area contributed by atoms with Crippen molar-refractivity contribution in [1.29, 1.82) is 0 Å². The van der Waals surface area contributed by atoms with Crippen LogP contribution in [0.15, 0.2) is 18.5 Å². The molecular formula is C18H26N4O. The molecule has 2 aromatic heterocycles. The molecule has 1 aliphatic rings. The Morgan fingerprint density at radius 1 is 1.35 bits per heavy atom. The summed E-state index contributed by atoms with van der Waals surface area (Å²) >= 11 is 0. The third kappa shape index (κ3) is 2.69. The van der Waals surface area contributed by atoms with E-state index in [9.17, 15) is 4.79 Å². The van der Waals surface area contributed by atoms with Gasteiger partial charge in [-0.1, -0.05) is 0 Å². The van der Waals surface area contributed by atoms with Gasteiger partial charge in [0.1, 0.15) is 0 Å². The predicted octanol–water partition coefficient (Wildman–Crippen LogP) is 3.40. The molecular weight excluding hydrogens is 288 g/mol. The molecule has 1 unspecified atom stereocenters. The minimum Gasteiger partial charge on any atom is -0.346 e. The van der Waals surface area contributed by atoms with Gasteiger partial charge in [0, 0.05) is 42.8 Å². The Morgan fingerprint density at radius 2 is 2.09 bits per heavy atom. The second-order valence-electron chi connectivity index (χ2n) is 6.85. The number of aryl methyl sites for hydroxylation is 2. The molecule has 3 heterocycles. The summed E-state index contributed by atoms with van der Waals surface area (Å²) in [6, 6.07) is 2.55. The average Bonchev–Trinajstić information content (AvgIpc) is 3.16. The van der Waals surface area contributed by atoms with Crippen LogP contribution in [0.25, 0.3) is 0 Å². The highest BCUT2D eigenvalue weighted by Gasteiger charge is 2.33. The van der Waals surface area contributed by atoms with E-state index in [4.69, 9.17) is 0 Å². The molecule has 1 fully saturated rings. The first-order chi connectivity index (χ1) is 10.9. The van der Waals surface area contributed by atoms with Gasteiger partial charge in [0.25, 0.3) is 5.91 Å². The number of hydrogen-bond donors (Lipinski definition) is 0. The lowest BCUT2D eigenvalue weighted by Crippen LogP contribution is -2.30. The fraction of sp³-hybridized carbons (Fsp3) is 0.556. The quantitative estimate of drug-likeness (QED) is 0.871. The van der Waals surface area contributed by atoms with Crippen LogP contribution in [-0.2, 0) is 7.05 Å². The number of carbonyl (C=O) groups excluding carboxylic acids is 1. The van der Waals surface area contributed by atoms with Crippen LogP contribution < -0.4 is 0 Å². The third-order valence-corrected chi connectivity index (χ3v) is 4.85. The van der Waals surface area contributed by atoms with Gasteiger partial charge in [0.05, 0.1) is 17.8 Å². The maximum Gasteiger partial charge on any atom is 0.256 e. The number of aromatic nitrogens is 3. The zero-order chi connectivity index (χ0) is 16.7. The minimum absolute atomic E-state index is 0.149. The van der Waals surface area contributed by atoms with Crippen LogP contribution in [0.2, 0.25) is 0 Å². The van der Waals surface area contributed by atoms with Gasteiger partial charge < -0.3 is 9.47 Å². The van der Waals surface area contributed by atoms with Gasteiger partial charge in [0.15, 0.2) is 0 Å². The average molecular weight is 314 g/mol. The van der Waals surface area contributed by atoms with Crippen molar-refractivity contribution < 1.29 is 4.79 Å². The largest absolute Gasteiger partial charge is 0.346 e. The second kappa shape index (κ2) is 5.87. The fourth-order valence-corrected chi connectivity index (χ4v) is 3.91. The van der Waals surface area contributed by atoms with E-state index in [0.29, 0.717) is 6.04 Å². The van der Waals surface area contributed by atoms with Crippen LogP contribution in [0.4, 0.5) is 0 Å². The molecule has 5 nitrogen and oxygen atoms in total. The fourth-order valence-electron chi connectivity index (χ4n) is 3.91. The summed E-state index contributed by atoms with van der Waals surface area (Å²) in [5, 5.41) is 4.26. The lowest BCUT2D eigenvalue weighted by molar-refractivity contribution is 0.0734. The van der Waals surface area contributed by atoms with Crippen molar-refractivity contribution in [2.45, 2.75) is 52.6 Å². The summed E-state index contributed by atoms with van der Waals surface area (Å²) in [4.78, 5) is 15.1. The maximum absolute atomic E-state index is 13.1. The van der Waals surface area contributed by atoms with Crippen molar-refractivity contribution in [3.63, 3.8) is 0 Å². The lowest BCUT2D eigenvalue weighted by Gasteiger charge is -2.24. The van der Waals surface area contributed by atoms with E-state index in [1.807, 2.05) is 30.4 Å². The van der Waals surface area contributed by atoms with Gasteiger partial charge in [-0.05, 0) is 46.6 Å². The van der Waals surface area contributed by atoms with Gasteiger partial charge in [0.2, 0.25) is 0 Å². The van der Waals surface area contributed by atoms with E-state index in [1.165, 1.54) is 0 Å². The molecule has 0 radical (unpaired) electrons. The van der Waals surface area contributed by atoms with Gasteiger partial charge >= 0.3 is 0 Å². The summed E-state index contributed by atoms with van der Waals surface area (Å²) in [6.07, 6.45) is 5.97. The number of nitrogens with zero attached hydrogens (tertiary/aromatic N) is 4. The second-order valence-corrected chi connectivity index (χ2v) is 6.85. The van der Waals surface area contributed by atoms with Gasteiger partial charge in [-0.15, -0.1) is 0 Å². The molecule has 0 N–H and O–H groups in total. The van der Waals surface area contributed by atoms with Crippen molar-refractivity contribution in [2.75, 3.05) is 6.54 Å². The van der Waals surface area contributed by atoms with E-state index < -0.39 is 0 Å². The number of carbonyl (C=O) groups is 1. The number of likely N-dealkylation sites (tertiary alicyclic amines) is 1. The Hall–Kier alpha value is -2.04. The Balaban J connectivity index is 1.92. The zero-order valence-corrected chi connectivity index (χ0v) is 14.7. The summed E-state index contributed by atoms with van der Waals surface area (Å²) in [7, 11) is 1.92. The van der Waals surface area contributed by atoms with Gasteiger partial charge in [-0.25, -0.2) is 0 Å². The maximum atomic E-state index is 13.1. The van der Waals surface area contributed by atoms with Crippen LogP contribution in [0.5, 0.6) is 0 Å². The molecule has 23 heavy (non-hydrogen) atoms. The summed E-state index contributed by atoms with van der Waals surface area (Å²) in [5.41, 5.74) is 4.19. The minimum atomic E-state index is 0.149. The van der Waals surface area contributed by atoms with Crippen LogP contribution in [0.3, 0.4) is 0 Å². The van der Waals surface area contributed by atoms with Gasteiger partial charge in [-0.2, -0.15) is 5.10 Å². The van der Waals surface area contributed by atoms with E-state index >= 15 is 0 Å². The van der Waals surface area contributed by atoms with Crippen LogP contribution in [-0.4, -0.2) is 31.7 Å². The molecule has 0 aromatic carbocycles. The molecule has 0 aliphatic carbocycles. The number of hydrogen-bond acceptors (Lipinski definition) is 2. The Bertz CT molecular complexity index is 725. The van der Waals surface area contributed by atoms with E-state index in [1.54, 1.807) is 4.68 Å². The highest BCUT2D eigenvalue weighted by molar-refractivity contribution is 5.96. The highest BCUT2D eigenvalue weighted by Crippen LogP contribution is 2.34. The van der Waals surface area contributed by atoms with Crippen molar-refractivity contribution in [3.05, 3.63) is 41.0 Å². The molecule has 124 valence electrons. The first kappa shape index (κ1) is 15.8. The Labute approximate surface area is 137 Å². The zero-order valence-electron chi connectivity index (χ0n) is 14.7. The highest BCUT2D eigenvalue weighted by atomic mass is 16.2. The SMILES string of the molecule is Cc1cc(C(=O)N2CCCC2c2cnn(C)c2)c(C)n1C(C)C. The molecule has 0 spiro atoms. The molecule has 1 saturated heterocycles. The van der Waals surface area contributed by atoms with E-state index in [2.05, 4.69) is 37.4 Å². The lowest BCUT2D eigenvalue weighted by atomic mass is 10.1. The molecule has 1 aliphatic heterocycles. The van der Waals surface area contributed by atoms with Crippen molar-refractivity contribution in [3.8, 4) is 0 Å². The molecule has 3 rings (SSSR count). The summed E-state index contributed by atoms with van der Waals surface area (Å²) in [5.74, 6) is 0.149. The number of rotatable bonds is 3. The van der Waals surface area contributed by atoms with Crippen LogP contribution >= 0.6 is 0 Å². The third-order valence-electron chi connectivity index (χ3n) is 4.85. The Morgan fingerprint density at radius 3 is 2.65 bits per heavy atom. The van der Waals surface area contributed by atoms with Crippen LogP contribution in [0.1, 0.15) is 66.1 Å². The molecule has 2 aromatic rings. The summed E-state index contributed by atoms with van der Waals surface area (Å²) < 4.78 is 4.04. The van der Waals surface area contributed by atoms with E-state index in [0.717, 1.165) is 41.9 Å². The Kier molecular flexibility index (Phi) is 4.04. The van der Waals surface area contributed by atoms with Crippen molar-refractivity contribution in [2.24, 2.45) is 7.05 Å². The number of amides is 1. The first-order valence-electron chi connectivity index (χ1n) is 8.38. The first-order valence-corrected chi connectivity index (χ1v) is 8.38.